The van der Waals surface area contributed by atoms with Gasteiger partial charge in [0.05, 0.1) is 6.61 Å². The molecular weight excluding hydrogens is 322 g/mol. The predicted molar refractivity (Wildman–Crippen MR) is 113 cm³/mol. The molecule has 26 heavy (non-hydrogen) atoms. The van der Waals surface area contributed by atoms with Gasteiger partial charge in [0.25, 0.3) is 0 Å². The average Bonchev–Trinajstić information content (AvgIpc) is 2.68. The standard InChI is InChI=1S/C22H39N3O/c1-2-3-4-5-6-7-8-9-10-11-12-13-14-18-26-21-17-15-16-20(19-21)22(23)25-24/h15-17,19H,2-14,18,24H2,1H3,(H2,23,25). The summed E-state index contributed by atoms with van der Waals surface area (Å²) >= 11 is 0. The summed E-state index contributed by atoms with van der Waals surface area (Å²) in [5.41, 5.74) is 6.51. The van der Waals surface area contributed by atoms with Crippen LogP contribution in [-0.4, -0.2) is 12.4 Å². The van der Waals surface area contributed by atoms with Crippen LogP contribution >= 0.6 is 0 Å². The summed E-state index contributed by atoms with van der Waals surface area (Å²) in [5.74, 6) is 6.36. The molecule has 0 saturated carbocycles. The molecule has 0 heterocycles. The molecule has 0 spiro atoms. The first-order chi connectivity index (χ1) is 12.8. The molecule has 0 saturated heterocycles. The molecule has 4 heteroatoms. The topological polar surface area (TPSA) is 73.6 Å². The van der Waals surface area contributed by atoms with Crippen LogP contribution in [0.1, 0.15) is 96.0 Å². The van der Waals surface area contributed by atoms with E-state index in [2.05, 4.69) is 12.0 Å². The summed E-state index contributed by atoms with van der Waals surface area (Å²) in [5, 5.41) is 3.51. The molecule has 1 aromatic carbocycles. The van der Waals surface area contributed by atoms with Crippen molar-refractivity contribution >= 4 is 5.84 Å². The molecule has 0 unspecified atom stereocenters. The molecule has 0 amide bonds. The van der Waals surface area contributed by atoms with Gasteiger partial charge in [0.1, 0.15) is 11.6 Å². The van der Waals surface area contributed by atoms with Gasteiger partial charge >= 0.3 is 0 Å². The van der Waals surface area contributed by atoms with Gasteiger partial charge in [0, 0.05) is 5.56 Å². The fourth-order valence-corrected chi connectivity index (χ4v) is 3.13. The van der Waals surface area contributed by atoms with Crippen molar-refractivity contribution in [2.45, 2.75) is 90.4 Å². The quantitative estimate of drug-likeness (QED) is 0.130. The molecule has 0 aliphatic carbocycles. The fourth-order valence-electron chi connectivity index (χ4n) is 3.13. The Labute approximate surface area is 160 Å². The van der Waals surface area contributed by atoms with Crippen molar-refractivity contribution in [3.63, 3.8) is 0 Å². The summed E-state index contributed by atoms with van der Waals surface area (Å²) in [6.45, 7) is 3.03. The summed E-state index contributed by atoms with van der Waals surface area (Å²) < 4.78 is 5.79. The second kappa shape index (κ2) is 15.5. The Hall–Kier alpha value is -1.71. The first-order valence-corrected chi connectivity index (χ1v) is 10.5. The number of hydrazone groups is 1. The third-order valence-electron chi connectivity index (χ3n) is 4.79. The lowest BCUT2D eigenvalue weighted by Gasteiger charge is -2.08. The summed E-state index contributed by atoms with van der Waals surface area (Å²) in [6, 6.07) is 7.61. The molecule has 0 aliphatic rings. The van der Waals surface area contributed by atoms with Gasteiger partial charge in [-0.2, -0.15) is 5.10 Å². The van der Waals surface area contributed by atoms with Crippen molar-refractivity contribution in [2.24, 2.45) is 16.7 Å². The number of hydrogen-bond acceptors (Lipinski definition) is 3. The van der Waals surface area contributed by atoms with E-state index in [0.717, 1.165) is 24.3 Å². The van der Waals surface area contributed by atoms with E-state index < -0.39 is 0 Å². The molecule has 4 nitrogen and oxygen atoms in total. The van der Waals surface area contributed by atoms with Crippen molar-refractivity contribution in [3.8, 4) is 5.75 Å². The Balaban J connectivity index is 1.92. The van der Waals surface area contributed by atoms with Gasteiger partial charge in [-0.15, -0.1) is 0 Å². The Kier molecular flexibility index (Phi) is 13.3. The van der Waals surface area contributed by atoms with Gasteiger partial charge in [-0.1, -0.05) is 96.1 Å². The number of nitrogens with zero attached hydrogens (tertiary/aromatic N) is 1. The molecule has 1 rings (SSSR count). The minimum atomic E-state index is 0.330. The third-order valence-corrected chi connectivity index (χ3v) is 4.79. The Morgan fingerprint density at radius 2 is 1.38 bits per heavy atom. The van der Waals surface area contributed by atoms with Crippen molar-refractivity contribution in [1.82, 2.24) is 0 Å². The van der Waals surface area contributed by atoms with E-state index >= 15 is 0 Å². The van der Waals surface area contributed by atoms with E-state index in [9.17, 15) is 0 Å². The van der Waals surface area contributed by atoms with Crippen LogP contribution in [0.2, 0.25) is 0 Å². The molecule has 0 atom stereocenters. The molecule has 1 aromatic rings. The molecule has 0 fully saturated rings. The number of nitrogens with two attached hydrogens (primary N) is 2. The highest BCUT2D eigenvalue weighted by molar-refractivity contribution is 5.97. The lowest BCUT2D eigenvalue weighted by molar-refractivity contribution is 0.304. The normalized spacial score (nSPS) is 11.7. The largest absolute Gasteiger partial charge is 0.494 e. The van der Waals surface area contributed by atoms with Crippen LogP contribution in [0.4, 0.5) is 0 Å². The Morgan fingerprint density at radius 3 is 1.92 bits per heavy atom. The van der Waals surface area contributed by atoms with Crippen molar-refractivity contribution in [3.05, 3.63) is 29.8 Å². The summed E-state index contributed by atoms with van der Waals surface area (Å²) in [4.78, 5) is 0. The highest BCUT2D eigenvalue weighted by Gasteiger charge is 2.01. The highest BCUT2D eigenvalue weighted by Crippen LogP contribution is 2.15. The number of ether oxygens (including phenoxy) is 1. The lowest BCUT2D eigenvalue weighted by Crippen LogP contribution is -2.15. The highest BCUT2D eigenvalue weighted by atomic mass is 16.5. The fraction of sp³-hybridized carbons (Fsp3) is 0.682. The molecule has 0 aromatic heterocycles. The van der Waals surface area contributed by atoms with Crippen LogP contribution < -0.4 is 16.3 Å². The van der Waals surface area contributed by atoms with Crippen LogP contribution in [0.5, 0.6) is 5.75 Å². The predicted octanol–water partition coefficient (Wildman–Crippen LogP) is 5.74. The van der Waals surface area contributed by atoms with E-state index in [1.165, 1.54) is 77.0 Å². The van der Waals surface area contributed by atoms with Crippen LogP contribution in [0.3, 0.4) is 0 Å². The van der Waals surface area contributed by atoms with Crippen molar-refractivity contribution in [1.29, 1.82) is 0 Å². The zero-order valence-corrected chi connectivity index (χ0v) is 16.7. The molecule has 0 aliphatic heterocycles. The number of hydrogen-bond donors (Lipinski definition) is 2. The van der Waals surface area contributed by atoms with Gasteiger partial charge in [0.2, 0.25) is 0 Å². The maximum absolute atomic E-state index is 5.79. The maximum atomic E-state index is 5.79. The number of amidine groups is 1. The van der Waals surface area contributed by atoms with Crippen molar-refractivity contribution in [2.75, 3.05) is 6.61 Å². The first-order valence-electron chi connectivity index (χ1n) is 10.5. The minimum absolute atomic E-state index is 0.330. The maximum Gasteiger partial charge on any atom is 0.150 e. The molecular formula is C22H39N3O. The van der Waals surface area contributed by atoms with Crippen LogP contribution in [-0.2, 0) is 0 Å². The van der Waals surface area contributed by atoms with Gasteiger partial charge in [-0.3, -0.25) is 0 Å². The Morgan fingerprint density at radius 1 is 0.846 bits per heavy atom. The number of rotatable bonds is 16. The van der Waals surface area contributed by atoms with Gasteiger partial charge in [-0.05, 0) is 18.6 Å². The van der Waals surface area contributed by atoms with E-state index in [1.807, 2.05) is 24.3 Å². The van der Waals surface area contributed by atoms with E-state index in [0.29, 0.717) is 5.84 Å². The Bertz CT molecular complexity index is 488. The zero-order chi connectivity index (χ0) is 18.9. The zero-order valence-electron chi connectivity index (χ0n) is 16.7. The van der Waals surface area contributed by atoms with E-state index in [4.69, 9.17) is 16.3 Å². The minimum Gasteiger partial charge on any atom is -0.494 e. The van der Waals surface area contributed by atoms with Gasteiger partial charge < -0.3 is 16.3 Å². The number of unbranched alkanes of at least 4 members (excludes halogenated alkanes) is 12. The molecule has 0 radical (unpaired) electrons. The number of benzene rings is 1. The van der Waals surface area contributed by atoms with E-state index in [1.54, 1.807) is 0 Å². The van der Waals surface area contributed by atoms with Crippen molar-refractivity contribution < 1.29 is 4.74 Å². The lowest BCUT2D eigenvalue weighted by atomic mass is 10.0. The average molecular weight is 362 g/mol. The van der Waals surface area contributed by atoms with Crippen LogP contribution in [0, 0.1) is 0 Å². The molecule has 148 valence electrons. The van der Waals surface area contributed by atoms with Gasteiger partial charge in [0.15, 0.2) is 0 Å². The van der Waals surface area contributed by atoms with Crippen LogP contribution in [0.25, 0.3) is 0 Å². The second-order valence-electron chi connectivity index (χ2n) is 7.13. The monoisotopic (exact) mass is 361 g/mol. The van der Waals surface area contributed by atoms with E-state index in [-0.39, 0.29) is 0 Å². The SMILES string of the molecule is CCCCCCCCCCCCCCCOc1cccc(/C(N)=N/N)c1. The smallest absolute Gasteiger partial charge is 0.150 e. The molecule has 0 bridgehead atoms. The molecule has 4 N–H and O–H groups in total. The summed E-state index contributed by atoms with van der Waals surface area (Å²) in [6.07, 6.45) is 17.7. The van der Waals surface area contributed by atoms with Crippen LogP contribution in [0.15, 0.2) is 29.4 Å². The summed E-state index contributed by atoms with van der Waals surface area (Å²) in [7, 11) is 0. The van der Waals surface area contributed by atoms with Gasteiger partial charge in [-0.25, -0.2) is 0 Å². The first kappa shape index (κ1) is 22.3. The second-order valence-corrected chi connectivity index (χ2v) is 7.13. The third kappa shape index (κ3) is 11.0.